The van der Waals surface area contributed by atoms with Gasteiger partial charge in [0.05, 0.1) is 22.7 Å². The highest BCUT2D eigenvalue weighted by Gasteiger charge is 2.47. The van der Waals surface area contributed by atoms with Crippen molar-refractivity contribution in [1.29, 1.82) is 5.41 Å². The van der Waals surface area contributed by atoms with E-state index in [0.29, 0.717) is 5.56 Å². The fraction of sp³-hybridized carbons (Fsp3) is 0.423. The first-order chi connectivity index (χ1) is 18.2. The third-order valence-electron chi connectivity index (χ3n) is 7.18. The first-order valence-electron chi connectivity index (χ1n) is 12.3. The Kier molecular flexibility index (Phi) is 6.40. The first kappa shape index (κ1) is 27.0. The molecule has 3 atom stereocenters. The molecule has 1 fully saturated rings. The quantitative estimate of drug-likeness (QED) is 0.523. The van der Waals surface area contributed by atoms with Crippen molar-refractivity contribution in [2.24, 2.45) is 0 Å². The molecule has 0 saturated carbocycles. The molecule has 0 bridgehead atoms. The minimum Gasteiger partial charge on any atom is -0.480 e. The van der Waals surface area contributed by atoms with Gasteiger partial charge in [-0.2, -0.15) is 13.2 Å². The van der Waals surface area contributed by atoms with Gasteiger partial charge < -0.3 is 15.4 Å². The van der Waals surface area contributed by atoms with Crippen LogP contribution in [0.2, 0.25) is 0 Å². The molecule has 5 rings (SSSR count). The van der Waals surface area contributed by atoms with Crippen molar-refractivity contribution in [3.8, 4) is 5.75 Å². The summed E-state index contributed by atoms with van der Waals surface area (Å²) in [6.07, 6.45) is -7.18. The highest BCUT2D eigenvalue weighted by Crippen LogP contribution is 2.41. The van der Waals surface area contributed by atoms with Gasteiger partial charge in [0.25, 0.3) is 5.91 Å². The molecule has 0 aromatic heterocycles. The van der Waals surface area contributed by atoms with E-state index in [9.17, 15) is 31.2 Å². The molecule has 0 unspecified atom stereocenters. The predicted molar refractivity (Wildman–Crippen MR) is 134 cm³/mol. The van der Waals surface area contributed by atoms with Crippen LogP contribution in [0, 0.1) is 5.41 Å². The van der Waals surface area contributed by atoms with E-state index in [-0.39, 0.29) is 52.2 Å². The van der Waals surface area contributed by atoms with E-state index < -0.39 is 52.1 Å². The zero-order valence-corrected chi connectivity index (χ0v) is 21.9. The van der Waals surface area contributed by atoms with Gasteiger partial charge >= 0.3 is 6.18 Å². The second-order valence-corrected chi connectivity index (χ2v) is 12.7. The van der Waals surface area contributed by atoms with Gasteiger partial charge in [-0.1, -0.05) is 18.2 Å². The number of nitrogens with zero attached hydrogens (tertiary/aromatic N) is 1. The normalized spacial score (nSPS) is 25.6. The molecule has 3 heterocycles. The minimum atomic E-state index is -4.64. The fourth-order valence-electron chi connectivity index (χ4n) is 5.37. The molecule has 2 aromatic carbocycles. The van der Waals surface area contributed by atoms with Crippen LogP contribution in [0.15, 0.2) is 47.4 Å². The van der Waals surface area contributed by atoms with Crippen LogP contribution in [-0.4, -0.2) is 54.7 Å². The smallest absolute Gasteiger partial charge is 0.425 e. The zero-order valence-electron chi connectivity index (χ0n) is 21.1. The molecule has 1 saturated heterocycles. The van der Waals surface area contributed by atoms with Crippen LogP contribution in [0.4, 0.5) is 13.2 Å². The van der Waals surface area contributed by atoms with Crippen molar-refractivity contribution >= 4 is 27.6 Å². The molecule has 2 aromatic rings. The number of fused-ring (bicyclic) bond motifs is 2. The molecular weight excluding hydrogens is 537 g/mol. The highest BCUT2D eigenvalue weighted by atomic mass is 32.2. The van der Waals surface area contributed by atoms with E-state index in [1.807, 2.05) is 0 Å². The third kappa shape index (κ3) is 5.07. The number of hydrogen-bond donors (Lipinski definition) is 3. The van der Waals surface area contributed by atoms with E-state index in [2.05, 4.69) is 10.6 Å². The van der Waals surface area contributed by atoms with Crippen molar-refractivity contribution in [2.45, 2.75) is 67.9 Å². The minimum absolute atomic E-state index is 0.0190. The van der Waals surface area contributed by atoms with Gasteiger partial charge in [0.1, 0.15) is 5.75 Å². The molecule has 3 aliphatic heterocycles. The maximum atomic E-state index is 13.5. The number of carbonyl (C=O) groups is 2. The molecule has 9 nitrogen and oxygen atoms in total. The Balaban J connectivity index is 1.48. The summed E-state index contributed by atoms with van der Waals surface area (Å²) in [7, 11) is -3.71. The van der Waals surface area contributed by atoms with Crippen LogP contribution in [0.25, 0.3) is 0 Å². The number of sulfone groups is 1. The Bertz CT molecular complexity index is 1450. The lowest BCUT2D eigenvalue weighted by Crippen LogP contribution is -2.60. The number of hydrogen-bond acceptors (Lipinski definition) is 6. The van der Waals surface area contributed by atoms with E-state index in [1.54, 1.807) is 26.0 Å². The number of para-hydroxylation sites is 1. The number of ether oxygens (including phenoxy) is 1. The van der Waals surface area contributed by atoms with Gasteiger partial charge in [-0.05, 0) is 50.1 Å². The Labute approximate surface area is 223 Å². The van der Waals surface area contributed by atoms with Crippen molar-refractivity contribution < 1.29 is 35.9 Å². The van der Waals surface area contributed by atoms with Crippen molar-refractivity contribution in [3.63, 3.8) is 0 Å². The number of rotatable bonds is 3. The van der Waals surface area contributed by atoms with Gasteiger partial charge in [0, 0.05) is 29.5 Å². The van der Waals surface area contributed by atoms with Gasteiger partial charge in [0.2, 0.25) is 5.91 Å². The molecule has 3 aliphatic rings. The number of amides is 2. The van der Waals surface area contributed by atoms with Gasteiger partial charge in [-0.3, -0.25) is 19.9 Å². The largest absolute Gasteiger partial charge is 0.480 e. The molecule has 0 radical (unpaired) electrons. The number of guanidine groups is 1. The highest BCUT2D eigenvalue weighted by molar-refractivity contribution is 7.91. The summed E-state index contributed by atoms with van der Waals surface area (Å²) >= 11 is 0. The molecule has 208 valence electrons. The summed E-state index contributed by atoms with van der Waals surface area (Å²) in [4.78, 5) is 27.5. The van der Waals surface area contributed by atoms with Gasteiger partial charge in [0.15, 0.2) is 21.9 Å². The number of carbonyl (C=O) groups excluding carboxylic acids is 2. The number of halogens is 3. The second kappa shape index (κ2) is 9.25. The topological polar surface area (TPSA) is 129 Å². The molecular formula is C26H27F3N4O5S. The zero-order chi connectivity index (χ0) is 28.3. The Morgan fingerprint density at radius 2 is 1.90 bits per heavy atom. The summed E-state index contributed by atoms with van der Waals surface area (Å²) in [5.74, 6) is -1.45. The van der Waals surface area contributed by atoms with E-state index >= 15 is 0 Å². The van der Waals surface area contributed by atoms with Crippen LogP contribution in [0.1, 0.15) is 66.7 Å². The SMILES string of the molecule is CC1(C)CC(=O)N([C@H]2CCS(=O)(=O)c3ccc(C(=O)N[C@H]4C[C@H](C(F)(F)F)Oc5ccccc54)cc32)C(=N)N1. The summed E-state index contributed by atoms with van der Waals surface area (Å²) in [5.41, 5.74) is -0.0444. The monoisotopic (exact) mass is 564 g/mol. The summed E-state index contributed by atoms with van der Waals surface area (Å²) in [6, 6.07) is 8.25. The van der Waals surface area contributed by atoms with Crippen LogP contribution in [-0.2, 0) is 14.6 Å². The van der Waals surface area contributed by atoms with Crippen LogP contribution in [0.5, 0.6) is 5.75 Å². The van der Waals surface area contributed by atoms with Crippen molar-refractivity contribution in [2.75, 3.05) is 5.75 Å². The van der Waals surface area contributed by atoms with E-state index in [0.717, 1.165) is 0 Å². The van der Waals surface area contributed by atoms with Gasteiger partial charge in [-0.25, -0.2) is 8.42 Å². The Morgan fingerprint density at radius 3 is 2.59 bits per heavy atom. The molecule has 39 heavy (non-hydrogen) atoms. The summed E-state index contributed by atoms with van der Waals surface area (Å²) in [5, 5.41) is 14.0. The molecule has 13 heteroatoms. The lowest BCUT2D eigenvalue weighted by Gasteiger charge is -2.43. The van der Waals surface area contributed by atoms with Crippen molar-refractivity contribution in [3.05, 3.63) is 59.2 Å². The summed E-state index contributed by atoms with van der Waals surface area (Å²) in [6.45, 7) is 3.55. The molecule has 0 aliphatic carbocycles. The predicted octanol–water partition coefficient (Wildman–Crippen LogP) is 3.62. The standard InChI is InChI=1S/C26H27F3N4O5S/c1-25(2)13-22(34)33(24(30)32-25)18-9-10-39(36,37)20-8-7-14(11-16(18)20)23(35)31-17-12-21(26(27,28)29)38-19-6-4-3-5-15(17)19/h3-8,11,17-18,21H,9-10,12-13H2,1-2H3,(H2,30,32)(H,31,35)/t17-,18-,21+/m0/s1. The lowest BCUT2D eigenvalue weighted by atomic mass is 9.93. The van der Waals surface area contributed by atoms with E-state index in [1.165, 1.54) is 35.2 Å². The maximum absolute atomic E-state index is 13.5. The van der Waals surface area contributed by atoms with E-state index in [4.69, 9.17) is 10.1 Å². The van der Waals surface area contributed by atoms with Crippen LogP contribution >= 0.6 is 0 Å². The third-order valence-corrected chi connectivity index (χ3v) is 9.00. The average Bonchev–Trinajstić information content (AvgIpc) is 2.83. The Hall–Kier alpha value is -3.61. The molecule has 2 amide bonds. The van der Waals surface area contributed by atoms with Crippen molar-refractivity contribution in [1.82, 2.24) is 15.5 Å². The first-order valence-corrected chi connectivity index (χ1v) is 14.0. The average molecular weight is 565 g/mol. The molecule has 0 spiro atoms. The van der Waals surface area contributed by atoms with Crippen LogP contribution in [0.3, 0.4) is 0 Å². The van der Waals surface area contributed by atoms with Crippen LogP contribution < -0.4 is 15.4 Å². The lowest BCUT2D eigenvalue weighted by molar-refractivity contribution is -0.201. The number of nitrogens with one attached hydrogen (secondary N) is 3. The van der Waals surface area contributed by atoms with Gasteiger partial charge in [-0.15, -0.1) is 0 Å². The molecule has 3 N–H and O–H groups in total. The maximum Gasteiger partial charge on any atom is 0.425 e. The number of alkyl halides is 3. The fourth-order valence-corrected chi connectivity index (χ4v) is 6.96. The second-order valence-electron chi connectivity index (χ2n) is 10.6. The summed E-state index contributed by atoms with van der Waals surface area (Å²) < 4.78 is 71.3. The Morgan fingerprint density at radius 1 is 1.18 bits per heavy atom. The number of benzene rings is 2.